The summed E-state index contributed by atoms with van der Waals surface area (Å²) in [7, 11) is 5.00. The molecule has 0 radical (unpaired) electrons. The summed E-state index contributed by atoms with van der Waals surface area (Å²) in [5.41, 5.74) is 3.08. The van der Waals surface area contributed by atoms with Crippen molar-refractivity contribution in [3.8, 4) is 5.75 Å². The van der Waals surface area contributed by atoms with E-state index in [0.29, 0.717) is 17.8 Å². The number of carbonyl (C=O) groups excluding carboxylic acids is 2. The van der Waals surface area contributed by atoms with Crippen molar-refractivity contribution in [3.63, 3.8) is 0 Å². The molecule has 6 nitrogen and oxygen atoms in total. The number of benzene rings is 2. The lowest BCUT2D eigenvalue weighted by Gasteiger charge is -2.12. The van der Waals surface area contributed by atoms with Crippen LogP contribution >= 0.6 is 0 Å². The number of urea groups is 1. The smallest absolute Gasteiger partial charge is 0.319 e. The Kier molecular flexibility index (Phi) is 6.00. The van der Waals surface area contributed by atoms with Crippen LogP contribution in [0.2, 0.25) is 0 Å². The number of ether oxygens (including phenoxy) is 1. The average Bonchev–Trinajstić information content (AvgIpc) is 2.59. The Balaban J connectivity index is 1.95. The summed E-state index contributed by atoms with van der Waals surface area (Å²) in [6.07, 6.45) is 0. The molecule has 2 N–H and O–H groups in total. The van der Waals surface area contributed by atoms with Crippen LogP contribution in [0.25, 0.3) is 0 Å². The van der Waals surface area contributed by atoms with E-state index in [4.69, 9.17) is 4.74 Å². The Morgan fingerprint density at radius 1 is 1.12 bits per heavy atom. The van der Waals surface area contributed by atoms with Gasteiger partial charge in [0.2, 0.25) is 0 Å². The van der Waals surface area contributed by atoms with Crippen LogP contribution < -0.4 is 15.4 Å². The van der Waals surface area contributed by atoms with Crippen molar-refractivity contribution >= 4 is 17.6 Å². The molecule has 0 saturated heterocycles. The van der Waals surface area contributed by atoms with Crippen LogP contribution in [-0.2, 0) is 6.54 Å². The van der Waals surface area contributed by atoms with Crippen molar-refractivity contribution in [2.75, 3.05) is 26.5 Å². The second kappa shape index (κ2) is 8.19. The number of hydrogen-bond donors (Lipinski definition) is 2. The molecule has 0 aliphatic heterocycles. The van der Waals surface area contributed by atoms with E-state index in [-0.39, 0.29) is 11.9 Å². The largest absolute Gasteiger partial charge is 0.496 e. The van der Waals surface area contributed by atoms with Crippen LogP contribution in [0.4, 0.5) is 10.5 Å². The van der Waals surface area contributed by atoms with Crippen molar-refractivity contribution in [1.29, 1.82) is 0 Å². The third kappa shape index (κ3) is 4.97. The molecule has 2 aromatic carbocycles. The molecule has 2 aromatic rings. The molecule has 132 valence electrons. The topological polar surface area (TPSA) is 70.7 Å². The minimum atomic E-state index is -0.331. The summed E-state index contributed by atoms with van der Waals surface area (Å²) < 4.78 is 5.22. The van der Waals surface area contributed by atoms with Gasteiger partial charge in [0, 0.05) is 31.9 Å². The van der Waals surface area contributed by atoms with E-state index in [1.807, 2.05) is 25.1 Å². The second-order valence-electron chi connectivity index (χ2n) is 5.89. The molecule has 0 aliphatic carbocycles. The highest BCUT2D eigenvalue weighted by atomic mass is 16.5. The molecule has 0 aliphatic rings. The quantitative estimate of drug-likeness (QED) is 0.878. The Labute approximate surface area is 147 Å². The van der Waals surface area contributed by atoms with E-state index in [1.54, 1.807) is 45.5 Å². The molecule has 0 unspecified atom stereocenters. The number of nitrogens with one attached hydrogen (secondary N) is 2. The Hall–Kier alpha value is -3.02. The lowest BCUT2D eigenvalue weighted by molar-refractivity contribution is 0.0827. The first-order chi connectivity index (χ1) is 11.9. The monoisotopic (exact) mass is 341 g/mol. The van der Waals surface area contributed by atoms with Gasteiger partial charge >= 0.3 is 6.03 Å². The van der Waals surface area contributed by atoms with Crippen molar-refractivity contribution in [1.82, 2.24) is 10.2 Å². The average molecular weight is 341 g/mol. The first kappa shape index (κ1) is 18.3. The zero-order chi connectivity index (χ0) is 18.4. The number of nitrogens with zero attached hydrogens (tertiary/aromatic N) is 1. The number of amides is 3. The molecular weight excluding hydrogens is 318 g/mol. The lowest BCUT2D eigenvalue weighted by Crippen LogP contribution is -2.28. The number of aryl methyl sites for hydroxylation is 1. The molecule has 0 atom stereocenters. The van der Waals surface area contributed by atoms with Crippen molar-refractivity contribution in [3.05, 3.63) is 59.2 Å². The predicted octanol–water partition coefficient (Wildman–Crippen LogP) is 3.03. The van der Waals surface area contributed by atoms with Crippen LogP contribution in [0, 0.1) is 6.92 Å². The lowest BCUT2D eigenvalue weighted by atomic mass is 10.1. The summed E-state index contributed by atoms with van der Waals surface area (Å²) in [6, 6.07) is 12.3. The van der Waals surface area contributed by atoms with Gasteiger partial charge in [-0.15, -0.1) is 0 Å². The number of rotatable bonds is 5. The number of methoxy groups -OCH3 is 1. The zero-order valence-corrected chi connectivity index (χ0v) is 14.9. The van der Waals surface area contributed by atoms with E-state index < -0.39 is 0 Å². The van der Waals surface area contributed by atoms with Crippen LogP contribution in [0.3, 0.4) is 0 Å². The fourth-order valence-electron chi connectivity index (χ4n) is 2.40. The van der Waals surface area contributed by atoms with E-state index in [0.717, 1.165) is 16.9 Å². The third-order valence-electron chi connectivity index (χ3n) is 3.69. The highest BCUT2D eigenvalue weighted by Gasteiger charge is 2.09. The molecular formula is C19H23N3O3. The van der Waals surface area contributed by atoms with Gasteiger partial charge in [0.05, 0.1) is 7.11 Å². The number of hydrogen-bond acceptors (Lipinski definition) is 3. The van der Waals surface area contributed by atoms with Gasteiger partial charge in [-0.2, -0.15) is 0 Å². The van der Waals surface area contributed by atoms with Gasteiger partial charge in [-0.05, 0) is 42.3 Å². The van der Waals surface area contributed by atoms with E-state index in [2.05, 4.69) is 10.6 Å². The van der Waals surface area contributed by atoms with Crippen LogP contribution in [-0.4, -0.2) is 38.0 Å². The van der Waals surface area contributed by atoms with E-state index in [1.165, 1.54) is 4.90 Å². The highest BCUT2D eigenvalue weighted by molar-refractivity contribution is 5.96. The molecule has 0 bridgehead atoms. The maximum Gasteiger partial charge on any atom is 0.319 e. The van der Waals surface area contributed by atoms with Gasteiger partial charge in [0.1, 0.15) is 5.75 Å². The van der Waals surface area contributed by atoms with E-state index >= 15 is 0 Å². The fourth-order valence-corrected chi connectivity index (χ4v) is 2.40. The first-order valence-corrected chi connectivity index (χ1v) is 7.91. The fraction of sp³-hybridized carbons (Fsp3) is 0.263. The summed E-state index contributed by atoms with van der Waals surface area (Å²) >= 11 is 0. The SMILES string of the molecule is COc1ccc(CNC(=O)Nc2cccc(C(=O)N(C)C)c2)cc1C. The first-order valence-electron chi connectivity index (χ1n) is 7.91. The molecule has 0 saturated carbocycles. The van der Waals surface area contributed by atoms with Crippen molar-refractivity contribution < 1.29 is 14.3 Å². The summed E-state index contributed by atoms with van der Waals surface area (Å²) in [4.78, 5) is 25.5. The molecule has 0 spiro atoms. The van der Waals surface area contributed by atoms with Crippen LogP contribution in [0.1, 0.15) is 21.5 Å². The maximum absolute atomic E-state index is 12.1. The van der Waals surface area contributed by atoms with Gasteiger partial charge in [0.15, 0.2) is 0 Å². The second-order valence-corrected chi connectivity index (χ2v) is 5.89. The summed E-state index contributed by atoms with van der Waals surface area (Å²) in [5, 5.41) is 5.54. The molecule has 2 rings (SSSR count). The molecule has 3 amide bonds. The molecule has 0 fully saturated rings. The standard InChI is InChI=1S/C19H23N3O3/c1-13-10-14(8-9-17(13)25-4)12-20-19(24)21-16-7-5-6-15(11-16)18(23)22(2)3/h5-11H,12H2,1-4H3,(H2,20,21,24). The Bertz CT molecular complexity index is 772. The Morgan fingerprint density at radius 3 is 2.52 bits per heavy atom. The van der Waals surface area contributed by atoms with Crippen molar-refractivity contribution in [2.45, 2.75) is 13.5 Å². The minimum absolute atomic E-state index is 0.113. The highest BCUT2D eigenvalue weighted by Crippen LogP contribution is 2.18. The normalized spacial score (nSPS) is 10.1. The molecule has 25 heavy (non-hydrogen) atoms. The summed E-state index contributed by atoms with van der Waals surface area (Å²) in [5.74, 6) is 0.702. The Morgan fingerprint density at radius 2 is 1.88 bits per heavy atom. The van der Waals surface area contributed by atoms with Gasteiger partial charge in [-0.25, -0.2) is 4.79 Å². The number of carbonyl (C=O) groups is 2. The van der Waals surface area contributed by atoms with Gasteiger partial charge in [0.25, 0.3) is 5.91 Å². The molecule has 0 aromatic heterocycles. The van der Waals surface area contributed by atoms with Gasteiger partial charge in [-0.1, -0.05) is 18.2 Å². The van der Waals surface area contributed by atoms with Gasteiger partial charge in [-0.3, -0.25) is 4.79 Å². The van der Waals surface area contributed by atoms with Crippen molar-refractivity contribution in [2.24, 2.45) is 0 Å². The minimum Gasteiger partial charge on any atom is -0.496 e. The van der Waals surface area contributed by atoms with Crippen LogP contribution in [0.15, 0.2) is 42.5 Å². The predicted molar refractivity (Wildman–Crippen MR) is 98.0 cm³/mol. The summed E-state index contributed by atoms with van der Waals surface area (Å²) in [6.45, 7) is 2.35. The maximum atomic E-state index is 12.1. The number of anilines is 1. The zero-order valence-electron chi connectivity index (χ0n) is 14.9. The van der Waals surface area contributed by atoms with Crippen LogP contribution in [0.5, 0.6) is 5.75 Å². The molecule has 0 heterocycles. The van der Waals surface area contributed by atoms with Gasteiger partial charge < -0.3 is 20.3 Å². The molecule has 6 heteroatoms. The third-order valence-corrected chi connectivity index (χ3v) is 3.69. The van der Waals surface area contributed by atoms with E-state index in [9.17, 15) is 9.59 Å².